The van der Waals surface area contributed by atoms with Gasteiger partial charge in [0, 0.05) is 26.1 Å². The van der Waals surface area contributed by atoms with Gasteiger partial charge in [0.25, 0.3) is 0 Å². The molecule has 1 N–H and O–H groups in total. The van der Waals surface area contributed by atoms with Crippen LogP contribution in [0.1, 0.15) is 45.6 Å². The van der Waals surface area contributed by atoms with Crippen molar-refractivity contribution < 1.29 is 27.1 Å². The summed E-state index contributed by atoms with van der Waals surface area (Å²) in [4.78, 5) is 27.9. The second-order valence-corrected chi connectivity index (χ2v) is 11.2. The Balaban J connectivity index is 2.23. The molecule has 0 aliphatic rings. The fourth-order valence-corrected chi connectivity index (χ4v) is 4.92. The first kappa shape index (κ1) is 30.1. The molecule has 2 amide bonds. The lowest BCUT2D eigenvalue weighted by Gasteiger charge is -2.31. The van der Waals surface area contributed by atoms with E-state index in [9.17, 15) is 22.4 Å². The number of benzene rings is 2. The Hall–Kier alpha value is -3.14. The lowest BCUT2D eigenvalue weighted by Crippen LogP contribution is -2.49. The van der Waals surface area contributed by atoms with Gasteiger partial charge in [-0.2, -0.15) is 0 Å². The standard InChI is InChI=1S/C27H38FN3O5S/c1-6-23(27(33)29-18-20(2)3)30(19-21-13-15-22(28)16-14-21)26(32)12-9-17-31(37(5,34)35)24-10-7-8-11-25(24)36-4/h7-8,10-11,13-16,20,23H,6,9,12,17-19H2,1-5H3,(H,29,33)/t23-/m1/s1. The molecule has 0 bridgehead atoms. The van der Waals surface area contributed by atoms with E-state index in [2.05, 4.69) is 5.32 Å². The van der Waals surface area contributed by atoms with Crippen LogP contribution < -0.4 is 14.4 Å². The summed E-state index contributed by atoms with van der Waals surface area (Å²) in [6.07, 6.45) is 1.76. The predicted octanol–water partition coefficient (Wildman–Crippen LogP) is 3.96. The van der Waals surface area contributed by atoms with E-state index >= 15 is 0 Å². The number of ether oxygens (including phenoxy) is 1. The molecule has 10 heteroatoms. The molecule has 204 valence electrons. The number of hydrogen-bond acceptors (Lipinski definition) is 5. The normalized spacial score (nSPS) is 12.2. The minimum Gasteiger partial charge on any atom is -0.495 e. The van der Waals surface area contributed by atoms with E-state index in [4.69, 9.17) is 4.74 Å². The Bertz CT molecular complexity index is 1140. The highest BCUT2D eigenvalue weighted by Crippen LogP contribution is 2.29. The second kappa shape index (κ2) is 14.0. The maximum Gasteiger partial charge on any atom is 0.242 e. The van der Waals surface area contributed by atoms with E-state index in [1.165, 1.54) is 28.4 Å². The lowest BCUT2D eigenvalue weighted by molar-refractivity contribution is -0.141. The Labute approximate surface area is 219 Å². The summed E-state index contributed by atoms with van der Waals surface area (Å²) in [5, 5.41) is 2.90. The monoisotopic (exact) mass is 535 g/mol. The average Bonchev–Trinajstić information content (AvgIpc) is 2.85. The maximum atomic E-state index is 13.4. The van der Waals surface area contributed by atoms with Crippen LogP contribution in [-0.2, 0) is 26.2 Å². The van der Waals surface area contributed by atoms with Gasteiger partial charge < -0.3 is 15.0 Å². The SMILES string of the molecule is CC[C@H](C(=O)NCC(C)C)N(Cc1ccc(F)cc1)C(=O)CCCN(c1ccccc1OC)S(C)(=O)=O. The number of para-hydroxylation sites is 2. The molecule has 0 aliphatic carbocycles. The number of sulfonamides is 1. The highest BCUT2D eigenvalue weighted by molar-refractivity contribution is 7.92. The van der Waals surface area contributed by atoms with Crippen molar-refractivity contribution in [3.8, 4) is 5.75 Å². The van der Waals surface area contributed by atoms with Gasteiger partial charge in [-0.1, -0.05) is 45.0 Å². The number of carbonyl (C=O) groups is 2. The molecule has 2 aromatic rings. The molecule has 0 aromatic heterocycles. The van der Waals surface area contributed by atoms with Crippen LogP contribution in [0.3, 0.4) is 0 Å². The Morgan fingerprint density at radius 1 is 1.08 bits per heavy atom. The first-order valence-corrected chi connectivity index (χ1v) is 14.2. The number of nitrogens with one attached hydrogen (secondary N) is 1. The number of nitrogens with zero attached hydrogens (tertiary/aromatic N) is 2. The smallest absolute Gasteiger partial charge is 0.242 e. The number of amides is 2. The minimum atomic E-state index is -3.64. The van der Waals surface area contributed by atoms with Crippen molar-refractivity contribution in [1.29, 1.82) is 0 Å². The van der Waals surface area contributed by atoms with Gasteiger partial charge in [-0.25, -0.2) is 12.8 Å². The Morgan fingerprint density at radius 3 is 2.30 bits per heavy atom. The molecule has 0 heterocycles. The average molecular weight is 536 g/mol. The summed E-state index contributed by atoms with van der Waals surface area (Å²) in [6.45, 7) is 6.48. The van der Waals surface area contributed by atoms with Crippen LogP contribution in [0.15, 0.2) is 48.5 Å². The van der Waals surface area contributed by atoms with Crippen LogP contribution in [0, 0.1) is 11.7 Å². The van der Waals surface area contributed by atoms with Gasteiger partial charge in [0.05, 0.1) is 19.1 Å². The van der Waals surface area contributed by atoms with Crippen molar-refractivity contribution in [2.75, 3.05) is 30.8 Å². The number of halogens is 1. The number of anilines is 1. The van der Waals surface area contributed by atoms with Crippen molar-refractivity contribution in [3.05, 3.63) is 59.9 Å². The molecule has 0 saturated carbocycles. The van der Waals surface area contributed by atoms with Gasteiger partial charge in [0.1, 0.15) is 17.6 Å². The third-order valence-electron chi connectivity index (χ3n) is 5.84. The first-order valence-electron chi connectivity index (χ1n) is 12.4. The highest BCUT2D eigenvalue weighted by Gasteiger charge is 2.29. The lowest BCUT2D eigenvalue weighted by atomic mass is 10.1. The summed E-state index contributed by atoms with van der Waals surface area (Å²) in [5.41, 5.74) is 1.08. The number of hydrogen-bond donors (Lipinski definition) is 1. The van der Waals surface area contributed by atoms with Crippen molar-refractivity contribution in [3.63, 3.8) is 0 Å². The molecular formula is C27H38FN3O5S. The van der Waals surface area contributed by atoms with Crippen LogP contribution >= 0.6 is 0 Å². The zero-order valence-electron chi connectivity index (χ0n) is 22.2. The molecule has 0 radical (unpaired) electrons. The number of carbonyl (C=O) groups excluding carboxylic acids is 2. The first-order chi connectivity index (χ1) is 17.5. The molecule has 0 saturated heterocycles. The molecule has 0 aliphatic heterocycles. The van der Waals surface area contributed by atoms with Gasteiger partial charge in [0.15, 0.2) is 0 Å². The van der Waals surface area contributed by atoms with Crippen LogP contribution in [0.5, 0.6) is 5.75 Å². The topological polar surface area (TPSA) is 96.0 Å². The van der Waals surface area contributed by atoms with Crippen molar-refractivity contribution in [1.82, 2.24) is 10.2 Å². The van der Waals surface area contributed by atoms with E-state index in [1.54, 1.807) is 36.4 Å². The van der Waals surface area contributed by atoms with E-state index in [0.29, 0.717) is 30.0 Å². The van der Waals surface area contributed by atoms with Gasteiger partial charge in [-0.3, -0.25) is 13.9 Å². The second-order valence-electron chi connectivity index (χ2n) is 9.32. The van der Waals surface area contributed by atoms with E-state index in [1.807, 2.05) is 20.8 Å². The third kappa shape index (κ3) is 9.03. The molecule has 37 heavy (non-hydrogen) atoms. The Morgan fingerprint density at radius 2 is 1.73 bits per heavy atom. The van der Waals surface area contributed by atoms with Gasteiger partial charge in [-0.15, -0.1) is 0 Å². The van der Waals surface area contributed by atoms with Gasteiger partial charge >= 0.3 is 0 Å². The molecular weight excluding hydrogens is 497 g/mol. The molecule has 0 fully saturated rings. The Kier molecular flexibility index (Phi) is 11.4. The molecule has 8 nitrogen and oxygen atoms in total. The fourth-order valence-electron chi connectivity index (χ4n) is 3.95. The zero-order valence-corrected chi connectivity index (χ0v) is 23.1. The largest absolute Gasteiger partial charge is 0.495 e. The van der Waals surface area contributed by atoms with E-state index in [-0.39, 0.29) is 49.5 Å². The van der Waals surface area contributed by atoms with Crippen LogP contribution in [0.2, 0.25) is 0 Å². The molecule has 2 aromatic carbocycles. The highest BCUT2D eigenvalue weighted by atomic mass is 32.2. The number of rotatable bonds is 14. The van der Waals surface area contributed by atoms with Crippen molar-refractivity contribution in [2.24, 2.45) is 5.92 Å². The van der Waals surface area contributed by atoms with Gasteiger partial charge in [-0.05, 0) is 48.6 Å². The fraction of sp³-hybridized carbons (Fsp3) is 0.481. The van der Waals surface area contributed by atoms with Gasteiger partial charge in [0.2, 0.25) is 21.8 Å². The molecule has 0 unspecified atom stereocenters. The third-order valence-corrected chi connectivity index (χ3v) is 7.02. The maximum absolute atomic E-state index is 13.4. The summed E-state index contributed by atoms with van der Waals surface area (Å²) in [7, 11) is -2.18. The van der Waals surface area contributed by atoms with E-state index in [0.717, 1.165) is 6.26 Å². The molecule has 0 spiro atoms. The predicted molar refractivity (Wildman–Crippen MR) is 143 cm³/mol. The minimum absolute atomic E-state index is 0.0241. The summed E-state index contributed by atoms with van der Waals surface area (Å²) >= 11 is 0. The zero-order chi connectivity index (χ0) is 27.6. The van der Waals surface area contributed by atoms with Crippen molar-refractivity contribution in [2.45, 2.75) is 52.6 Å². The van der Waals surface area contributed by atoms with Crippen LogP contribution in [-0.4, -0.2) is 57.6 Å². The van der Waals surface area contributed by atoms with Crippen molar-refractivity contribution >= 4 is 27.5 Å². The quantitative estimate of drug-likeness (QED) is 0.395. The number of methoxy groups -OCH3 is 1. The van der Waals surface area contributed by atoms with Crippen LogP contribution in [0.25, 0.3) is 0 Å². The van der Waals surface area contributed by atoms with Crippen LogP contribution in [0.4, 0.5) is 10.1 Å². The summed E-state index contributed by atoms with van der Waals surface area (Å²) < 4.78 is 45.1. The summed E-state index contributed by atoms with van der Waals surface area (Å²) in [5.74, 6) is -0.270. The summed E-state index contributed by atoms with van der Waals surface area (Å²) in [6, 6.07) is 11.9. The molecule has 1 atom stereocenters. The van der Waals surface area contributed by atoms with E-state index < -0.39 is 16.1 Å². The molecule has 2 rings (SSSR count).